The average molecular weight is 275 g/mol. The van der Waals surface area contributed by atoms with Gasteiger partial charge in [0.2, 0.25) is 0 Å². The lowest BCUT2D eigenvalue weighted by molar-refractivity contribution is 0.299. The molecule has 3 nitrogen and oxygen atoms in total. The first-order valence-electron chi connectivity index (χ1n) is 6.41. The van der Waals surface area contributed by atoms with Crippen LogP contribution in [0.1, 0.15) is 24.1 Å². The zero-order chi connectivity index (χ0) is 14.5. The quantitative estimate of drug-likeness (QED) is 0.909. The first-order valence-corrected chi connectivity index (χ1v) is 6.41. The van der Waals surface area contributed by atoms with Crippen molar-refractivity contribution in [1.29, 1.82) is 0 Å². The number of benzene rings is 2. The van der Waals surface area contributed by atoms with Crippen LogP contribution in [-0.2, 0) is 6.61 Å². The number of hydrogen-bond donors (Lipinski definition) is 1. The van der Waals surface area contributed by atoms with Crippen LogP contribution in [-0.4, -0.2) is 7.11 Å². The standard InChI is InChI=1S/C16H18FNO2/c1-11(18)12-4-3-5-15(8-12)20-10-13-6-7-14(19-2)9-16(13)17/h3-9,11H,10,18H2,1-2H3/t11-/m1/s1. The molecule has 0 heterocycles. The van der Waals surface area contributed by atoms with Crippen LogP contribution in [0.4, 0.5) is 4.39 Å². The van der Waals surface area contributed by atoms with E-state index in [9.17, 15) is 4.39 Å². The van der Waals surface area contributed by atoms with Crippen LogP contribution in [0, 0.1) is 5.82 Å². The molecule has 1 atom stereocenters. The summed E-state index contributed by atoms with van der Waals surface area (Å²) < 4.78 is 24.3. The minimum absolute atomic E-state index is 0.0590. The molecular weight excluding hydrogens is 257 g/mol. The molecule has 4 heteroatoms. The second-order valence-corrected chi connectivity index (χ2v) is 4.61. The van der Waals surface area contributed by atoms with Gasteiger partial charge in [0.1, 0.15) is 23.9 Å². The normalized spacial score (nSPS) is 12.0. The Hall–Kier alpha value is -2.07. The molecular formula is C16H18FNO2. The van der Waals surface area contributed by atoms with Crippen LogP contribution in [0.25, 0.3) is 0 Å². The van der Waals surface area contributed by atoms with Crippen LogP contribution in [0.5, 0.6) is 11.5 Å². The summed E-state index contributed by atoms with van der Waals surface area (Å²) in [5, 5.41) is 0. The van der Waals surface area contributed by atoms with Crippen molar-refractivity contribution in [3.63, 3.8) is 0 Å². The van der Waals surface area contributed by atoms with E-state index >= 15 is 0 Å². The molecule has 0 aliphatic carbocycles. The van der Waals surface area contributed by atoms with E-state index in [1.165, 1.54) is 13.2 Å². The van der Waals surface area contributed by atoms with E-state index in [2.05, 4.69) is 0 Å². The second-order valence-electron chi connectivity index (χ2n) is 4.61. The summed E-state index contributed by atoms with van der Waals surface area (Å²) in [6, 6.07) is 12.2. The number of ether oxygens (including phenoxy) is 2. The van der Waals surface area contributed by atoms with Gasteiger partial charge in [-0.1, -0.05) is 12.1 Å². The van der Waals surface area contributed by atoms with Gasteiger partial charge in [0.05, 0.1) is 7.11 Å². The van der Waals surface area contributed by atoms with Crippen molar-refractivity contribution in [3.8, 4) is 11.5 Å². The lowest BCUT2D eigenvalue weighted by atomic mass is 10.1. The molecule has 20 heavy (non-hydrogen) atoms. The van der Waals surface area contributed by atoms with Crippen LogP contribution >= 0.6 is 0 Å². The van der Waals surface area contributed by atoms with Crippen molar-refractivity contribution >= 4 is 0 Å². The fourth-order valence-electron chi connectivity index (χ4n) is 1.82. The highest BCUT2D eigenvalue weighted by molar-refractivity contribution is 5.32. The lowest BCUT2D eigenvalue weighted by Gasteiger charge is -2.11. The van der Waals surface area contributed by atoms with Crippen molar-refractivity contribution in [2.45, 2.75) is 19.6 Å². The van der Waals surface area contributed by atoms with Crippen molar-refractivity contribution in [1.82, 2.24) is 0 Å². The van der Waals surface area contributed by atoms with Crippen molar-refractivity contribution in [3.05, 3.63) is 59.4 Å². The smallest absolute Gasteiger partial charge is 0.133 e. The van der Waals surface area contributed by atoms with Crippen LogP contribution in [0.2, 0.25) is 0 Å². The van der Waals surface area contributed by atoms with Crippen molar-refractivity contribution < 1.29 is 13.9 Å². The predicted octanol–water partition coefficient (Wildman–Crippen LogP) is 3.43. The minimum Gasteiger partial charge on any atom is -0.497 e. The number of halogens is 1. The van der Waals surface area contributed by atoms with Gasteiger partial charge in [-0.15, -0.1) is 0 Å². The zero-order valence-electron chi connectivity index (χ0n) is 11.6. The third kappa shape index (κ3) is 3.48. The van der Waals surface area contributed by atoms with E-state index in [1.807, 2.05) is 31.2 Å². The van der Waals surface area contributed by atoms with Crippen LogP contribution < -0.4 is 15.2 Å². The first-order chi connectivity index (χ1) is 9.60. The maximum atomic E-state index is 13.8. The molecule has 0 saturated carbocycles. The van der Waals surface area contributed by atoms with E-state index in [1.54, 1.807) is 12.1 Å². The topological polar surface area (TPSA) is 44.5 Å². The molecule has 0 aliphatic heterocycles. The van der Waals surface area contributed by atoms with E-state index < -0.39 is 0 Å². The van der Waals surface area contributed by atoms with E-state index in [4.69, 9.17) is 15.2 Å². The summed E-state index contributed by atoms with van der Waals surface area (Å²) in [7, 11) is 1.50. The van der Waals surface area contributed by atoms with E-state index in [0.717, 1.165) is 5.56 Å². The maximum Gasteiger partial charge on any atom is 0.133 e. The summed E-state index contributed by atoms with van der Waals surface area (Å²) in [6.45, 7) is 2.07. The molecule has 0 bridgehead atoms. The monoisotopic (exact) mass is 275 g/mol. The van der Waals surface area contributed by atoms with Crippen LogP contribution in [0.15, 0.2) is 42.5 Å². The van der Waals surface area contributed by atoms with Crippen LogP contribution in [0.3, 0.4) is 0 Å². The Morgan fingerprint density at radius 3 is 2.60 bits per heavy atom. The third-order valence-electron chi connectivity index (χ3n) is 3.04. The third-order valence-corrected chi connectivity index (χ3v) is 3.04. The Labute approximate surface area is 118 Å². The Balaban J connectivity index is 2.07. The van der Waals surface area contributed by atoms with Gasteiger partial charge in [0.25, 0.3) is 0 Å². The maximum absolute atomic E-state index is 13.8. The van der Waals surface area contributed by atoms with Gasteiger partial charge in [0, 0.05) is 17.7 Å². The molecule has 0 radical (unpaired) electrons. The molecule has 0 unspecified atom stereocenters. The molecule has 2 aromatic rings. The molecule has 2 aromatic carbocycles. The van der Waals surface area contributed by atoms with Gasteiger partial charge in [-0.2, -0.15) is 0 Å². The first kappa shape index (κ1) is 14.3. The predicted molar refractivity (Wildman–Crippen MR) is 76.3 cm³/mol. The largest absolute Gasteiger partial charge is 0.497 e. The van der Waals surface area contributed by atoms with Crippen molar-refractivity contribution in [2.24, 2.45) is 5.73 Å². The fraction of sp³-hybridized carbons (Fsp3) is 0.250. The summed E-state index contributed by atoms with van der Waals surface area (Å²) in [6.07, 6.45) is 0. The van der Waals surface area contributed by atoms with Crippen molar-refractivity contribution in [2.75, 3.05) is 7.11 Å². The Morgan fingerprint density at radius 1 is 1.15 bits per heavy atom. The molecule has 0 amide bonds. The van der Waals surface area contributed by atoms with E-state index in [0.29, 0.717) is 17.1 Å². The lowest BCUT2D eigenvalue weighted by Crippen LogP contribution is -2.05. The number of methoxy groups -OCH3 is 1. The minimum atomic E-state index is -0.340. The second kappa shape index (κ2) is 6.39. The summed E-state index contributed by atoms with van der Waals surface area (Å²) in [5.74, 6) is 0.827. The Bertz CT molecular complexity index is 584. The zero-order valence-corrected chi connectivity index (χ0v) is 11.6. The summed E-state index contributed by atoms with van der Waals surface area (Å²) in [4.78, 5) is 0. The summed E-state index contributed by atoms with van der Waals surface area (Å²) in [5.41, 5.74) is 7.28. The van der Waals surface area contributed by atoms with Gasteiger partial charge in [-0.05, 0) is 36.8 Å². The Kier molecular flexibility index (Phi) is 4.58. The molecule has 2 rings (SSSR count). The highest BCUT2D eigenvalue weighted by atomic mass is 19.1. The Morgan fingerprint density at radius 2 is 1.95 bits per heavy atom. The van der Waals surface area contributed by atoms with Gasteiger partial charge in [-0.25, -0.2) is 4.39 Å². The summed E-state index contributed by atoms with van der Waals surface area (Å²) >= 11 is 0. The van der Waals surface area contributed by atoms with E-state index in [-0.39, 0.29) is 18.5 Å². The van der Waals surface area contributed by atoms with Gasteiger partial charge in [0.15, 0.2) is 0 Å². The van der Waals surface area contributed by atoms with Gasteiger partial charge >= 0.3 is 0 Å². The number of hydrogen-bond acceptors (Lipinski definition) is 3. The molecule has 0 aromatic heterocycles. The molecule has 0 aliphatic rings. The molecule has 2 N–H and O–H groups in total. The van der Waals surface area contributed by atoms with Gasteiger partial charge in [-0.3, -0.25) is 0 Å². The number of rotatable bonds is 5. The van der Waals surface area contributed by atoms with Gasteiger partial charge < -0.3 is 15.2 Å². The number of nitrogens with two attached hydrogens (primary N) is 1. The fourth-order valence-corrected chi connectivity index (χ4v) is 1.82. The molecule has 0 fully saturated rings. The average Bonchev–Trinajstić information content (AvgIpc) is 2.46. The SMILES string of the molecule is COc1ccc(COc2cccc([C@@H](C)N)c2)c(F)c1. The molecule has 0 saturated heterocycles. The highest BCUT2D eigenvalue weighted by Gasteiger charge is 2.06. The highest BCUT2D eigenvalue weighted by Crippen LogP contribution is 2.21. The molecule has 106 valence electrons. The molecule has 0 spiro atoms.